The van der Waals surface area contributed by atoms with E-state index < -0.39 is 0 Å². The van der Waals surface area contributed by atoms with Crippen molar-refractivity contribution in [2.24, 2.45) is 0 Å². The fourth-order valence-corrected chi connectivity index (χ4v) is 2.09. The number of benzene rings is 1. The van der Waals surface area contributed by atoms with Crippen molar-refractivity contribution < 1.29 is 4.74 Å². The highest BCUT2D eigenvalue weighted by molar-refractivity contribution is 5.45. The van der Waals surface area contributed by atoms with Gasteiger partial charge >= 0.3 is 0 Å². The molecule has 0 spiro atoms. The van der Waals surface area contributed by atoms with Crippen LogP contribution in [-0.2, 0) is 6.42 Å². The van der Waals surface area contributed by atoms with Crippen molar-refractivity contribution in [3.63, 3.8) is 0 Å². The molecule has 1 aromatic carbocycles. The molecule has 0 bridgehead atoms. The Bertz CT molecular complexity index is 550. The molecule has 4 heteroatoms. The Morgan fingerprint density at radius 3 is 2.44 bits per heavy atom. The Hall–Kier alpha value is -2.10. The van der Waals surface area contributed by atoms with Crippen molar-refractivity contribution in [1.82, 2.24) is 9.97 Å². The van der Waals surface area contributed by atoms with Crippen LogP contribution in [0.4, 0.5) is 5.69 Å². The van der Waals surface area contributed by atoms with Crippen LogP contribution in [0.3, 0.4) is 0 Å². The van der Waals surface area contributed by atoms with E-state index in [2.05, 4.69) is 29.0 Å². The molecule has 0 aliphatic heterocycles. The first kappa shape index (κ1) is 12.4. The average molecular weight is 243 g/mol. The second-order valence-corrected chi connectivity index (χ2v) is 4.38. The molecule has 2 N–H and O–H groups in total. The zero-order valence-electron chi connectivity index (χ0n) is 10.9. The molecule has 1 heterocycles. The number of nitrogens with two attached hydrogens (primary N) is 1. The Kier molecular flexibility index (Phi) is 3.46. The van der Waals surface area contributed by atoms with Crippen LogP contribution in [0, 0.1) is 13.8 Å². The third kappa shape index (κ3) is 2.59. The van der Waals surface area contributed by atoms with Crippen molar-refractivity contribution >= 4 is 5.69 Å². The molecule has 4 nitrogen and oxygen atoms in total. The summed E-state index contributed by atoms with van der Waals surface area (Å²) in [6.07, 6.45) is 3.89. The van der Waals surface area contributed by atoms with E-state index in [1.165, 1.54) is 5.56 Å². The van der Waals surface area contributed by atoms with Crippen LogP contribution in [0.5, 0.6) is 5.75 Å². The molecule has 0 unspecified atom stereocenters. The van der Waals surface area contributed by atoms with Crippen molar-refractivity contribution in [2.45, 2.75) is 20.3 Å². The summed E-state index contributed by atoms with van der Waals surface area (Å²) in [7, 11) is 1.69. The number of aryl methyl sites for hydroxylation is 2. The molecule has 18 heavy (non-hydrogen) atoms. The Morgan fingerprint density at radius 2 is 1.83 bits per heavy atom. The molecule has 2 aromatic rings. The Morgan fingerprint density at radius 1 is 1.17 bits per heavy atom. The summed E-state index contributed by atoms with van der Waals surface area (Å²) in [5.74, 6) is 1.65. The largest absolute Gasteiger partial charge is 0.496 e. The van der Waals surface area contributed by atoms with Crippen molar-refractivity contribution in [1.29, 1.82) is 0 Å². The Balaban J connectivity index is 2.36. The number of hydrogen-bond acceptors (Lipinski definition) is 4. The van der Waals surface area contributed by atoms with Crippen LogP contribution in [0.1, 0.15) is 22.5 Å². The maximum absolute atomic E-state index is 5.57. The van der Waals surface area contributed by atoms with Gasteiger partial charge in [-0.3, -0.25) is 0 Å². The third-order valence-electron chi connectivity index (χ3n) is 2.77. The molecule has 0 aliphatic carbocycles. The molecule has 0 aliphatic rings. The van der Waals surface area contributed by atoms with Gasteiger partial charge in [0.15, 0.2) is 0 Å². The lowest BCUT2D eigenvalue weighted by Gasteiger charge is -2.12. The van der Waals surface area contributed by atoms with Crippen LogP contribution in [0.15, 0.2) is 24.5 Å². The average Bonchev–Trinajstić information content (AvgIpc) is 2.32. The Labute approximate surface area is 107 Å². The van der Waals surface area contributed by atoms with Crippen LogP contribution in [0.25, 0.3) is 0 Å². The van der Waals surface area contributed by atoms with Gasteiger partial charge in [0.05, 0.1) is 25.2 Å². The van der Waals surface area contributed by atoms with Crippen LogP contribution in [-0.4, -0.2) is 17.1 Å². The topological polar surface area (TPSA) is 61.0 Å². The zero-order chi connectivity index (χ0) is 13.1. The molecule has 2 rings (SSSR count). The number of nitrogens with zero attached hydrogens (tertiary/aromatic N) is 2. The van der Waals surface area contributed by atoms with E-state index in [1.54, 1.807) is 19.5 Å². The van der Waals surface area contributed by atoms with E-state index in [9.17, 15) is 0 Å². The lowest BCUT2D eigenvalue weighted by Crippen LogP contribution is -2.01. The van der Waals surface area contributed by atoms with Gasteiger partial charge in [0.1, 0.15) is 11.6 Å². The van der Waals surface area contributed by atoms with Crippen molar-refractivity contribution in [2.75, 3.05) is 12.8 Å². The zero-order valence-corrected chi connectivity index (χ0v) is 10.9. The molecular weight excluding hydrogens is 226 g/mol. The smallest absolute Gasteiger partial charge is 0.132 e. The number of hydrogen-bond donors (Lipinski definition) is 1. The van der Waals surface area contributed by atoms with Gasteiger partial charge in [-0.2, -0.15) is 0 Å². The van der Waals surface area contributed by atoms with E-state index in [0.717, 1.165) is 22.7 Å². The summed E-state index contributed by atoms with van der Waals surface area (Å²) in [4.78, 5) is 8.43. The lowest BCUT2D eigenvalue weighted by molar-refractivity contribution is 0.407. The van der Waals surface area contributed by atoms with E-state index in [-0.39, 0.29) is 0 Å². The number of ether oxygens (including phenoxy) is 1. The van der Waals surface area contributed by atoms with Gasteiger partial charge in [0.25, 0.3) is 0 Å². The summed E-state index contributed by atoms with van der Waals surface area (Å²) in [6, 6.07) is 4.21. The molecule has 0 fully saturated rings. The standard InChI is InChI=1S/C14H17N3O/c1-9-4-10(2)14(18-3)11(5-9)6-13-16-7-12(15)8-17-13/h4-5,7-8H,6,15H2,1-3H3. The predicted octanol–water partition coefficient (Wildman–Crippen LogP) is 2.28. The normalized spacial score (nSPS) is 10.4. The highest BCUT2D eigenvalue weighted by atomic mass is 16.5. The highest BCUT2D eigenvalue weighted by Gasteiger charge is 2.09. The minimum absolute atomic E-state index is 0.575. The predicted molar refractivity (Wildman–Crippen MR) is 71.7 cm³/mol. The number of nitrogen functional groups attached to an aromatic ring is 1. The first-order chi connectivity index (χ1) is 8.60. The van der Waals surface area contributed by atoms with Gasteiger partial charge in [0, 0.05) is 12.0 Å². The van der Waals surface area contributed by atoms with E-state index >= 15 is 0 Å². The van der Waals surface area contributed by atoms with Crippen molar-refractivity contribution in [3.8, 4) is 5.75 Å². The monoisotopic (exact) mass is 243 g/mol. The van der Waals surface area contributed by atoms with E-state index in [4.69, 9.17) is 10.5 Å². The quantitative estimate of drug-likeness (QED) is 0.898. The summed E-state index contributed by atoms with van der Waals surface area (Å²) in [5, 5.41) is 0. The second-order valence-electron chi connectivity index (χ2n) is 4.38. The lowest BCUT2D eigenvalue weighted by atomic mass is 10.0. The molecule has 0 radical (unpaired) electrons. The maximum atomic E-state index is 5.57. The molecule has 94 valence electrons. The van der Waals surface area contributed by atoms with Gasteiger partial charge < -0.3 is 10.5 Å². The SMILES string of the molecule is COc1c(C)cc(C)cc1Cc1ncc(N)cn1. The third-order valence-corrected chi connectivity index (χ3v) is 2.77. The van der Waals surface area contributed by atoms with Gasteiger partial charge in [0.2, 0.25) is 0 Å². The molecule has 0 saturated heterocycles. The van der Waals surface area contributed by atoms with Gasteiger partial charge in [-0.1, -0.05) is 17.7 Å². The number of aromatic nitrogens is 2. The van der Waals surface area contributed by atoms with Crippen LogP contribution < -0.4 is 10.5 Å². The van der Waals surface area contributed by atoms with Crippen molar-refractivity contribution in [3.05, 3.63) is 47.0 Å². The molecule has 0 amide bonds. The summed E-state index contributed by atoms with van der Waals surface area (Å²) >= 11 is 0. The number of methoxy groups -OCH3 is 1. The minimum Gasteiger partial charge on any atom is -0.496 e. The van der Waals surface area contributed by atoms with E-state index in [0.29, 0.717) is 12.1 Å². The minimum atomic E-state index is 0.575. The van der Waals surface area contributed by atoms with Crippen LogP contribution in [0.2, 0.25) is 0 Å². The molecule has 1 aromatic heterocycles. The first-order valence-electron chi connectivity index (χ1n) is 5.80. The first-order valence-corrected chi connectivity index (χ1v) is 5.80. The maximum Gasteiger partial charge on any atom is 0.132 e. The van der Waals surface area contributed by atoms with E-state index in [1.807, 2.05) is 6.92 Å². The van der Waals surface area contributed by atoms with Gasteiger partial charge in [-0.05, 0) is 19.4 Å². The second kappa shape index (κ2) is 5.04. The summed E-state index contributed by atoms with van der Waals surface area (Å²) in [6.45, 7) is 4.11. The van der Waals surface area contributed by atoms with Crippen LogP contribution >= 0.6 is 0 Å². The van der Waals surface area contributed by atoms with Gasteiger partial charge in [-0.15, -0.1) is 0 Å². The molecule has 0 saturated carbocycles. The number of anilines is 1. The molecular formula is C14H17N3O. The fraction of sp³-hybridized carbons (Fsp3) is 0.286. The number of rotatable bonds is 3. The van der Waals surface area contributed by atoms with Gasteiger partial charge in [-0.25, -0.2) is 9.97 Å². The fourth-order valence-electron chi connectivity index (χ4n) is 2.09. The summed E-state index contributed by atoms with van der Waals surface area (Å²) < 4.78 is 5.45. The molecule has 0 atom stereocenters. The highest BCUT2D eigenvalue weighted by Crippen LogP contribution is 2.26. The summed E-state index contributed by atoms with van der Waals surface area (Å²) in [5.41, 5.74) is 9.58.